The van der Waals surface area contributed by atoms with E-state index in [0.29, 0.717) is 35.9 Å². The average molecular weight is 411 g/mol. The van der Waals surface area contributed by atoms with Gasteiger partial charge in [-0.1, -0.05) is 26.0 Å². The normalized spacial score (nSPS) is 15.8. The van der Waals surface area contributed by atoms with Crippen LogP contribution in [0.1, 0.15) is 53.8 Å². The highest BCUT2D eigenvalue weighted by Gasteiger charge is 2.18. The van der Waals surface area contributed by atoms with E-state index in [0.717, 1.165) is 31.6 Å². The van der Waals surface area contributed by atoms with Crippen molar-refractivity contribution in [2.75, 3.05) is 25.1 Å². The molecule has 0 radical (unpaired) electrons. The summed E-state index contributed by atoms with van der Waals surface area (Å²) < 4.78 is 11.2. The van der Waals surface area contributed by atoms with Crippen molar-refractivity contribution in [3.63, 3.8) is 0 Å². The lowest BCUT2D eigenvalue weighted by Crippen LogP contribution is -2.32. The van der Waals surface area contributed by atoms with Gasteiger partial charge in [0, 0.05) is 18.7 Å². The van der Waals surface area contributed by atoms with Crippen LogP contribution in [0.2, 0.25) is 0 Å². The van der Waals surface area contributed by atoms with Crippen LogP contribution < -0.4 is 15.4 Å². The zero-order valence-corrected chi connectivity index (χ0v) is 17.6. The van der Waals surface area contributed by atoms with Crippen LogP contribution in [0, 0.1) is 5.92 Å². The molecule has 1 heterocycles. The van der Waals surface area contributed by atoms with Crippen LogP contribution in [0.25, 0.3) is 0 Å². The standard InChI is InChI=1S/C24H30N2O4/c1-17(2)13-15-30-19-11-9-18(10-12-19)23(27)26-22-8-4-3-7-21(22)24(28)25-16-20-6-5-14-29-20/h3-4,7-12,17,20H,5-6,13-16H2,1-2H3,(H,25,28)(H,26,27). The van der Waals surface area contributed by atoms with E-state index < -0.39 is 0 Å². The summed E-state index contributed by atoms with van der Waals surface area (Å²) in [6.45, 7) is 6.17. The molecule has 2 aromatic rings. The number of hydrogen-bond donors (Lipinski definition) is 2. The quantitative estimate of drug-likeness (QED) is 0.647. The first-order valence-corrected chi connectivity index (χ1v) is 10.6. The van der Waals surface area contributed by atoms with Gasteiger partial charge in [-0.3, -0.25) is 9.59 Å². The lowest BCUT2D eigenvalue weighted by molar-refractivity contribution is 0.0858. The van der Waals surface area contributed by atoms with Gasteiger partial charge >= 0.3 is 0 Å². The first-order valence-electron chi connectivity index (χ1n) is 10.6. The summed E-state index contributed by atoms with van der Waals surface area (Å²) in [6.07, 6.45) is 3.02. The predicted molar refractivity (Wildman–Crippen MR) is 117 cm³/mol. The second-order valence-corrected chi connectivity index (χ2v) is 7.90. The van der Waals surface area contributed by atoms with E-state index in [4.69, 9.17) is 9.47 Å². The lowest BCUT2D eigenvalue weighted by Gasteiger charge is -2.14. The molecular weight excluding hydrogens is 380 g/mol. The van der Waals surface area contributed by atoms with Gasteiger partial charge < -0.3 is 20.1 Å². The molecule has 1 unspecified atom stereocenters. The molecule has 0 aliphatic carbocycles. The van der Waals surface area contributed by atoms with Crippen molar-refractivity contribution in [3.05, 3.63) is 59.7 Å². The number of para-hydroxylation sites is 1. The first kappa shape index (κ1) is 21.8. The van der Waals surface area contributed by atoms with Gasteiger partial charge in [0.05, 0.1) is 24.0 Å². The van der Waals surface area contributed by atoms with Crippen molar-refractivity contribution < 1.29 is 19.1 Å². The van der Waals surface area contributed by atoms with Crippen LogP contribution in [0.4, 0.5) is 5.69 Å². The molecule has 6 heteroatoms. The molecule has 0 saturated carbocycles. The molecule has 3 rings (SSSR count). The van der Waals surface area contributed by atoms with E-state index >= 15 is 0 Å². The summed E-state index contributed by atoms with van der Waals surface area (Å²) in [5.74, 6) is 0.817. The maximum Gasteiger partial charge on any atom is 0.255 e. The number of benzene rings is 2. The highest BCUT2D eigenvalue weighted by molar-refractivity contribution is 6.09. The molecule has 1 aliphatic heterocycles. The van der Waals surface area contributed by atoms with Crippen molar-refractivity contribution in [3.8, 4) is 5.75 Å². The molecule has 1 fully saturated rings. The minimum absolute atomic E-state index is 0.0666. The lowest BCUT2D eigenvalue weighted by atomic mass is 10.1. The Morgan fingerprint density at radius 1 is 1.10 bits per heavy atom. The molecule has 0 aromatic heterocycles. The Morgan fingerprint density at radius 2 is 1.87 bits per heavy atom. The molecule has 1 aliphatic rings. The van der Waals surface area contributed by atoms with Crippen molar-refractivity contribution in [1.29, 1.82) is 0 Å². The molecule has 1 saturated heterocycles. The SMILES string of the molecule is CC(C)CCOc1ccc(C(=O)Nc2ccccc2C(=O)NCC2CCCO2)cc1. The molecule has 2 amide bonds. The molecular formula is C24H30N2O4. The minimum Gasteiger partial charge on any atom is -0.494 e. The van der Waals surface area contributed by atoms with Crippen LogP contribution in [0.5, 0.6) is 5.75 Å². The molecule has 160 valence electrons. The number of ether oxygens (including phenoxy) is 2. The fraction of sp³-hybridized carbons (Fsp3) is 0.417. The number of hydrogen-bond acceptors (Lipinski definition) is 4. The van der Waals surface area contributed by atoms with Gasteiger partial charge in [-0.2, -0.15) is 0 Å². The minimum atomic E-state index is -0.275. The Balaban J connectivity index is 1.58. The molecule has 0 bridgehead atoms. The molecule has 2 N–H and O–H groups in total. The van der Waals surface area contributed by atoms with Gasteiger partial charge in [0.15, 0.2) is 0 Å². The summed E-state index contributed by atoms with van der Waals surface area (Å²) in [4.78, 5) is 25.3. The Bertz CT molecular complexity index is 843. The van der Waals surface area contributed by atoms with Crippen molar-refractivity contribution in [1.82, 2.24) is 5.32 Å². The van der Waals surface area contributed by atoms with Gasteiger partial charge in [0.25, 0.3) is 11.8 Å². The number of amides is 2. The van der Waals surface area contributed by atoms with Crippen LogP contribution in [-0.4, -0.2) is 37.7 Å². The topological polar surface area (TPSA) is 76.7 Å². The van der Waals surface area contributed by atoms with Crippen LogP contribution in [-0.2, 0) is 4.74 Å². The highest BCUT2D eigenvalue weighted by atomic mass is 16.5. The smallest absolute Gasteiger partial charge is 0.255 e. The predicted octanol–water partition coefficient (Wildman–Crippen LogP) is 4.27. The van der Waals surface area contributed by atoms with E-state index in [9.17, 15) is 9.59 Å². The van der Waals surface area contributed by atoms with Gasteiger partial charge in [-0.25, -0.2) is 0 Å². The summed E-state index contributed by atoms with van der Waals surface area (Å²) in [5, 5.41) is 5.74. The number of nitrogens with one attached hydrogen (secondary N) is 2. The third-order valence-corrected chi connectivity index (χ3v) is 5.01. The largest absolute Gasteiger partial charge is 0.494 e. The fourth-order valence-electron chi connectivity index (χ4n) is 3.21. The van der Waals surface area contributed by atoms with E-state index in [2.05, 4.69) is 24.5 Å². The van der Waals surface area contributed by atoms with Gasteiger partial charge in [-0.15, -0.1) is 0 Å². The number of carbonyl (C=O) groups excluding carboxylic acids is 2. The van der Waals surface area contributed by atoms with E-state index in [1.54, 1.807) is 48.5 Å². The van der Waals surface area contributed by atoms with Gasteiger partial charge in [0.2, 0.25) is 0 Å². The Morgan fingerprint density at radius 3 is 2.57 bits per heavy atom. The Kier molecular flexibility index (Phi) is 7.85. The molecule has 30 heavy (non-hydrogen) atoms. The average Bonchev–Trinajstić information content (AvgIpc) is 3.26. The van der Waals surface area contributed by atoms with Crippen LogP contribution in [0.3, 0.4) is 0 Å². The van der Waals surface area contributed by atoms with Crippen molar-refractivity contribution >= 4 is 17.5 Å². The monoisotopic (exact) mass is 410 g/mol. The van der Waals surface area contributed by atoms with E-state index in [-0.39, 0.29) is 17.9 Å². The number of carbonyl (C=O) groups is 2. The summed E-state index contributed by atoms with van der Waals surface area (Å²) >= 11 is 0. The number of anilines is 1. The second kappa shape index (κ2) is 10.8. The maximum atomic E-state index is 12.7. The molecule has 2 aromatic carbocycles. The third-order valence-electron chi connectivity index (χ3n) is 5.01. The summed E-state index contributed by atoms with van der Waals surface area (Å²) in [5.41, 5.74) is 1.41. The molecule has 0 spiro atoms. The third kappa shape index (κ3) is 6.32. The maximum absolute atomic E-state index is 12.7. The molecule has 1 atom stereocenters. The fourth-order valence-corrected chi connectivity index (χ4v) is 3.21. The van der Waals surface area contributed by atoms with Crippen LogP contribution in [0.15, 0.2) is 48.5 Å². The Hall–Kier alpha value is -2.86. The highest BCUT2D eigenvalue weighted by Crippen LogP contribution is 2.19. The summed E-state index contributed by atoms with van der Waals surface area (Å²) in [6, 6.07) is 14.0. The van der Waals surface area contributed by atoms with Crippen molar-refractivity contribution in [2.24, 2.45) is 5.92 Å². The first-order chi connectivity index (χ1) is 14.5. The zero-order valence-electron chi connectivity index (χ0n) is 17.6. The second-order valence-electron chi connectivity index (χ2n) is 7.90. The van der Waals surface area contributed by atoms with E-state index in [1.165, 1.54) is 0 Å². The van der Waals surface area contributed by atoms with E-state index in [1.807, 2.05) is 0 Å². The van der Waals surface area contributed by atoms with Gasteiger partial charge in [-0.05, 0) is 61.6 Å². The zero-order chi connectivity index (χ0) is 21.3. The Labute approximate surface area is 178 Å². The number of rotatable bonds is 9. The summed E-state index contributed by atoms with van der Waals surface area (Å²) in [7, 11) is 0. The van der Waals surface area contributed by atoms with Gasteiger partial charge in [0.1, 0.15) is 5.75 Å². The van der Waals surface area contributed by atoms with Crippen molar-refractivity contribution in [2.45, 2.75) is 39.2 Å². The molecule has 6 nitrogen and oxygen atoms in total. The van der Waals surface area contributed by atoms with Crippen LogP contribution >= 0.6 is 0 Å².